The maximum atomic E-state index is 13.0. The summed E-state index contributed by atoms with van der Waals surface area (Å²) in [7, 11) is 0. The fourth-order valence-corrected chi connectivity index (χ4v) is 5.30. The van der Waals surface area contributed by atoms with Gasteiger partial charge in [-0.25, -0.2) is 0 Å². The molecule has 1 unspecified atom stereocenters. The van der Waals surface area contributed by atoms with Gasteiger partial charge in [0.1, 0.15) is 0 Å². The molecule has 1 saturated carbocycles. The Morgan fingerprint density at radius 1 is 1.30 bits per heavy atom. The van der Waals surface area contributed by atoms with Crippen molar-refractivity contribution in [3.8, 4) is 0 Å². The van der Waals surface area contributed by atoms with Crippen LogP contribution in [0.25, 0.3) is 0 Å². The van der Waals surface area contributed by atoms with E-state index in [4.69, 9.17) is 0 Å². The summed E-state index contributed by atoms with van der Waals surface area (Å²) in [5, 5.41) is 3.73. The number of hydrogen-bond acceptors (Lipinski definition) is 3. The SMILES string of the molecule is CC(C)C1NC2(CCCC2)C(=O)N1CC1CCSCC1. The lowest BCUT2D eigenvalue weighted by molar-refractivity contribution is -0.134. The van der Waals surface area contributed by atoms with Gasteiger partial charge in [-0.2, -0.15) is 11.8 Å². The molecule has 0 aromatic carbocycles. The maximum absolute atomic E-state index is 13.0. The Balaban J connectivity index is 1.73. The Morgan fingerprint density at radius 3 is 2.55 bits per heavy atom. The lowest BCUT2D eigenvalue weighted by Crippen LogP contribution is -2.45. The molecule has 1 aliphatic carbocycles. The van der Waals surface area contributed by atoms with E-state index in [1.165, 1.54) is 37.2 Å². The molecule has 2 heterocycles. The molecule has 3 rings (SSSR count). The fraction of sp³-hybridized carbons (Fsp3) is 0.938. The van der Waals surface area contributed by atoms with Crippen molar-refractivity contribution < 1.29 is 4.79 Å². The van der Waals surface area contributed by atoms with Crippen LogP contribution >= 0.6 is 11.8 Å². The summed E-state index contributed by atoms with van der Waals surface area (Å²) < 4.78 is 0. The molecular formula is C16H28N2OS. The molecule has 3 nitrogen and oxygen atoms in total. The summed E-state index contributed by atoms with van der Waals surface area (Å²) in [5.74, 6) is 4.18. The van der Waals surface area contributed by atoms with Gasteiger partial charge in [-0.05, 0) is 49.0 Å². The first kappa shape index (κ1) is 14.7. The summed E-state index contributed by atoms with van der Waals surface area (Å²) in [6.45, 7) is 5.46. The highest BCUT2D eigenvalue weighted by atomic mass is 32.2. The van der Waals surface area contributed by atoms with Crippen LogP contribution in [0.1, 0.15) is 52.4 Å². The Labute approximate surface area is 127 Å². The summed E-state index contributed by atoms with van der Waals surface area (Å²) in [5.41, 5.74) is -0.196. The third kappa shape index (κ3) is 2.61. The molecule has 4 heteroatoms. The Hall–Kier alpha value is -0.220. The highest BCUT2D eigenvalue weighted by molar-refractivity contribution is 7.99. The number of carbonyl (C=O) groups excluding carboxylic acids is 1. The first-order valence-corrected chi connectivity index (χ1v) is 9.44. The molecule has 1 N–H and O–H groups in total. The summed E-state index contributed by atoms with van der Waals surface area (Å²) in [4.78, 5) is 15.2. The van der Waals surface area contributed by atoms with Crippen LogP contribution in [0.2, 0.25) is 0 Å². The normalized spacial score (nSPS) is 30.9. The molecule has 0 aromatic rings. The van der Waals surface area contributed by atoms with Crippen LogP contribution in [0.15, 0.2) is 0 Å². The summed E-state index contributed by atoms with van der Waals surface area (Å²) in [6, 6.07) is 0. The fourth-order valence-electron chi connectivity index (χ4n) is 4.09. The van der Waals surface area contributed by atoms with Gasteiger partial charge in [-0.1, -0.05) is 26.7 Å². The van der Waals surface area contributed by atoms with Gasteiger partial charge >= 0.3 is 0 Å². The van der Waals surface area contributed by atoms with Crippen molar-refractivity contribution in [2.75, 3.05) is 18.1 Å². The molecule has 1 amide bonds. The van der Waals surface area contributed by atoms with E-state index >= 15 is 0 Å². The molecule has 0 radical (unpaired) electrons. The van der Waals surface area contributed by atoms with Crippen LogP contribution < -0.4 is 5.32 Å². The topological polar surface area (TPSA) is 32.3 Å². The van der Waals surface area contributed by atoms with Gasteiger partial charge < -0.3 is 4.90 Å². The highest BCUT2D eigenvalue weighted by Gasteiger charge is 2.53. The van der Waals surface area contributed by atoms with E-state index in [1.807, 2.05) is 0 Å². The molecule has 0 aromatic heterocycles. The minimum atomic E-state index is -0.196. The minimum absolute atomic E-state index is 0.196. The van der Waals surface area contributed by atoms with E-state index in [9.17, 15) is 4.79 Å². The van der Waals surface area contributed by atoms with Crippen molar-refractivity contribution in [3.05, 3.63) is 0 Å². The number of carbonyl (C=O) groups is 1. The van der Waals surface area contributed by atoms with Crippen molar-refractivity contribution in [1.82, 2.24) is 10.2 Å². The monoisotopic (exact) mass is 296 g/mol. The standard InChI is InChI=1S/C16H28N2OS/c1-12(2)14-17-16(7-3-4-8-16)15(19)18(14)11-13-5-9-20-10-6-13/h12-14,17H,3-11H2,1-2H3. The van der Waals surface area contributed by atoms with Crippen LogP contribution in [-0.4, -0.2) is 40.6 Å². The van der Waals surface area contributed by atoms with E-state index in [-0.39, 0.29) is 11.7 Å². The van der Waals surface area contributed by atoms with Crippen LogP contribution in [0.3, 0.4) is 0 Å². The van der Waals surface area contributed by atoms with Crippen molar-refractivity contribution in [3.63, 3.8) is 0 Å². The van der Waals surface area contributed by atoms with Crippen molar-refractivity contribution in [2.45, 2.75) is 64.1 Å². The molecular weight excluding hydrogens is 268 g/mol. The predicted octanol–water partition coefficient (Wildman–Crippen LogP) is 2.86. The Kier molecular flexibility index (Phi) is 4.32. The Bertz CT molecular complexity index is 359. The molecule has 114 valence electrons. The lowest BCUT2D eigenvalue weighted by Gasteiger charge is -2.32. The quantitative estimate of drug-likeness (QED) is 0.869. The zero-order chi connectivity index (χ0) is 14.2. The molecule has 20 heavy (non-hydrogen) atoms. The average molecular weight is 296 g/mol. The number of hydrogen-bond donors (Lipinski definition) is 1. The van der Waals surface area contributed by atoms with Gasteiger partial charge in [0.2, 0.25) is 5.91 Å². The van der Waals surface area contributed by atoms with E-state index in [1.54, 1.807) is 0 Å². The largest absolute Gasteiger partial charge is 0.325 e. The van der Waals surface area contributed by atoms with Gasteiger partial charge in [0.25, 0.3) is 0 Å². The number of thioether (sulfide) groups is 1. The number of rotatable bonds is 3. The third-order valence-corrected chi connectivity index (χ3v) is 6.36. The maximum Gasteiger partial charge on any atom is 0.244 e. The van der Waals surface area contributed by atoms with Crippen molar-refractivity contribution in [2.24, 2.45) is 11.8 Å². The zero-order valence-electron chi connectivity index (χ0n) is 12.9. The zero-order valence-corrected chi connectivity index (χ0v) is 13.7. The summed E-state index contributed by atoms with van der Waals surface area (Å²) >= 11 is 2.06. The van der Waals surface area contributed by atoms with Gasteiger partial charge in [-0.3, -0.25) is 10.1 Å². The molecule has 0 bridgehead atoms. The van der Waals surface area contributed by atoms with Gasteiger partial charge in [-0.15, -0.1) is 0 Å². The number of amides is 1. The lowest BCUT2D eigenvalue weighted by atomic mass is 9.97. The van der Waals surface area contributed by atoms with Crippen LogP contribution in [0.5, 0.6) is 0 Å². The second-order valence-electron chi connectivity index (χ2n) is 7.14. The second-order valence-corrected chi connectivity index (χ2v) is 8.36. The van der Waals surface area contributed by atoms with Crippen LogP contribution in [0, 0.1) is 11.8 Å². The molecule has 1 spiro atoms. The number of nitrogens with one attached hydrogen (secondary N) is 1. The first-order chi connectivity index (χ1) is 9.62. The molecule has 2 saturated heterocycles. The van der Waals surface area contributed by atoms with E-state index in [0.29, 0.717) is 11.8 Å². The smallest absolute Gasteiger partial charge is 0.244 e. The highest BCUT2D eigenvalue weighted by Crippen LogP contribution is 2.38. The van der Waals surface area contributed by atoms with E-state index in [0.717, 1.165) is 25.3 Å². The second kappa shape index (κ2) is 5.88. The van der Waals surface area contributed by atoms with Crippen molar-refractivity contribution in [1.29, 1.82) is 0 Å². The third-order valence-electron chi connectivity index (χ3n) is 5.31. The van der Waals surface area contributed by atoms with Gasteiger partial charge in [0.15, 0.2) is 0 Å². The average Bonchev–Trinajstić information content (AvgIpc) is 3.02. The molecule has 1 atom stereocenters. The number of nitrogens with zero attached hydrogens (tertiary/aromatic N) is 1. The van der Waals surface area contributed by atoms with E-state index in [2.05, 4.69) is 35.8 Å². The predicted molar refractivity (Wildman–Crippen MR) is 84.7 cm³/mol. The molecule has 3 aliphatic rings. The van der Waals surface area contributed by atoms with Crippen LogP contribution in [0.4, 0.5) is 0 Å². The van der Waals surface area contributed by atoms with E-state index < -0.39 is 0 Å². The Morgan fingerprint density at radius 2 is 1.95 bits per heavy atom. The first-order valence-electron chi connectivity index (χ1n) is 8.29. The van der Waals surface area contributed by atoms with Gasteiger partial charge in [0.05, 0.1) is 11.7 Å². The molecule has 2 aliphatic heterocycles. The molecule has 3 fully saturated rings. The van der Waals surface area contributed by atoms with Gasteiger partial charge in [0, 0.05) is 6.54 Å². The van der Waals surface area contributed by atoms with Crippen molar-refractivity contribution >= 4 is 17.7 Å². The minimum Gasteiger partial charge on any atom is -0.325 e. The van der Waals surface area contributed by atoms with Crippen LogP contribution in [-0.2, 0) is 4.79 Å². The summed E-state index contributed by atoms with van der Waals surface area (Å²) in [6.07, 6.45) is 7.33.